The Hall–Kier alpha value is -1.52. The van der Waals surface area contributed by atoms with Crippen molar-refractivity contribution in [1.82, 2.24) is 4.98 Å². The first-order chi connectivity index (χ1) is 10.7. The van der Waals surface area contributed by atoms with Crippen molar-refractivity contribution < 1.29 is 21.6 Å². The van der Waals surface area contributed by atoms with Crippen LogP contribution in [0.3, 0.4) is 0 Å². The van der Waals surface area contributed by atoms with E-state index in [1.807, 2.05) is 25.1 Å². The summed E-state index contributed by atoms with van der Waals surface area (Å²) < 4.78 is 3.66. The molecule has 1 aliphatic rings. The van der Waals surface area contributed by atoms with Gasteiger partial charge in [0, 0.05) is 18.6 Å². The number of hydrogen-bond donors (Lipinski definition) is 0. The van der Waals surface area contributed by atoms with E-state index in [0.717, 1.165) is 23.5 Å². The minimum atomic E-state index is 0. The zero-order chi connectivity index (χ0) is 15.5. The summed E-state index contributed by atoms with van der Waals surface area (Å²) in [5.41, 5.74) is 5.46. The highest BCUT2D eigenvalue weighted by Gasteiger charge is 2.24. The lowest BCUT2D eigenvalue weighted by Gasteiger charge is -1.96. The maximum atomic E-state index is 4.33. The van der Waals surface area contributed by atoms with Crippen molar-refractivity contribution in [3.63, 3.8) is 0 Å². The van der Waals surface area contributed by atoms with E-state index in [2.05, 4.69) is 53.7 Å². The lowest BCUT2D eigenvalue weighted by Crippen LogP contribution is -3.00. The molecule has 23 heavy (non-hydrogen) atoms. The summed E-state index contributed by atoms with van der Waals surface area (Å²) in [5.74, 6) is 0. The standard InChI is InChI=1S/C11H14N.C8H7NS.BrH/c1-3-12-9(2)8-10-6-4-5-7-11(10)12;1-6-9-7-4-2-3-5-8(7)10-6;/h4-7H,3,8H2,1-2H3;2-5H,1H3;1H/q+1;;/p-1. The van der Waals surface area contributed by atoms with Gasteiger partial charge in [-0.15, -0.1) is 11.3 Å². The molecule has 0 N–H and O–H groups in total. The average molecular weight is 389 g/mol. The Labute approximate surface area is 152 Å². The summed E-state index contributed by atoms with van der Waals surface area (Å²) in [7, 11) is 0. The van der Waals surface area contributed by atoms with Gasteiger partial charge >= 0.3 is 0 Å². The first-order valence-corrected chi connectivity index (χ1v) is 8.50. The normalized spacial score (nSPS) is 12.5. The molecule has 0 fully saturated rings. The van der Waals surface area contributed by atoms with E-state index in [1.54, 1.807) is 11.3 Å². The number of nitrogens with zero attached hydrogens (tertiary/aromatic N) is 2. The van der Waals surface area contributed by atoms with Gasteiger partial charge in [0.1, 0.15) is 6.54 Å². The maximum absolute atomic E-state index is 4.33. The molecule has 0 aliphatic carbocycles. The van der Waals surface area contributed by atoms with Gasteiger partial charge in [-0.25, -0.2) is 4.98 Å². The van der Waals surface area contributed by atoms with Crippen LogP contribution in [-0.4, -0.2) is 21.8 Å². The fourth-order valence-corrected chi connectivity index (χ4v) is 3.76. The molecular weight excluding hydrogens is 368 g/mol. The summed E-state index contributed by atoms with van der Waals surface area (Å²) in [6.07, 6.45) is 1.13. The number of thiazole rings is 1. The van der Waals surface area contributed by atoms with Crippen molar-refractivity contribution in [2.24, 2.45) is 0 Å². The number of fused-ring (bicyclic) bond motifs is 2. The van der Waals surface area contributed by atoms with Gasteiger partial charge in [0.15, 0.2) is 5.71 Å². The number of rotatable bonds is 1. The Balaban J connectivity index is 0.000000162. The van der Waals surface area contributed by atoms with Crippen molar-refractivity contribution in [3.8, 4) is 0 Å². The Kier molecular flexibility index (Phi) is 6.08. The summed E-state index contributed by atoms with van der Waals surface area (Å²) in [4.78, 5) is 4.33. The van der Waals surface area contributed by atoms with Crippen molar-refractivity contribution in [3.05, 3.63) is 59.1 Å². The van der Waals surface area contributed by atoms with Gasteiger partial charge in [-0.1, -0.05) is 30.3 Å². The number of aromatic nitrogens is 1. The first-order valence-electron chi connectivity index (χ1n) is 7.69. The number of hydrogen-bond acceptors (Lipinski definition) is 2. The van der Waals surface area contributed by atoms with Crippen LogP contribution in [0.4, 0.5) is 5.69 Å². The highest BCUT2D eigenvalue weighted by molar-refractivity contribution is 7.18. The van der Waals surface area contributed by atoms with Gasteiger partial charge in [0.05, 0.1) is 21.6 Å². The van der Waals surface area contributed by atoms with E-state index >= 15 is 0 Å². The van der Waals surface area contributed by atoms with Gasteiger partial charge in [-0.2, -0.15) is 4.58 Å². The molecule has 3 aromatic rings. The van der Waals surface area contributed by atoms with E-state index in [1.165, 1.54) is 21.7 Å². The van der Waals surface area contributed by atoms with Crippen LogP contribution in [0.5, 0.6) is 0 Å². The van der Waals surface area contributed by atoms with Crippen LogP contribution >= 0.6 is 11.3 Å². The van der Waals surface area contributed by atoms with Crippen molar-refractivity contribution in [1.29, 1.82) is 0 Å². The minimum Gasteiger partial charge on any atom is -1.00 e. The van der Waals surface area contributed by atoms with Gasteiger partial charge in [-0.3, -0.25) is 0 Å². The molecule has 1 aromatic heterocycles. The second-order valence-corrected chi connectivity index (χ2v) is 6.72. The van der Waals surface area contributed by atoms with Gasteiger partial charge in [0.2, 0.25) is 5.69 Å². The van der Waals surface area contributed by atoms with E-state index < -0.39 is 0 Å². The van der Waals surface area contributed by atoms with E-state index in [9.17, 15) is 0 Å². The number of para-hydroxylation sites is 2. The number of benzene rings is 2. The summed E-state index contributed by atoms with van der Waals surface area (Å²) in [6, 6.07) is 16.8. The van der Waals surface area contributed by atoms with Gasteiger partial charge in [-0.05, 0) is 26.0 Å². The second kappa shape index (κ2) is 7.84. The highest BCUT2D eigenvalue weighted by atomic mass is 79.9. The molecule has 0 radical (unpaired) electrons. The molecule has 4 rings (SSSR count). The summed E-state index contributed by atoms with van der Waals surface area (Å²) in [6.45, 7) is 7.53. The molecule has 2 nitrogen and oxygen atoms in total. The van der Waals surface area contributed by atoms with Crippen LogP contribution in [0.15, 0.2) is 48.5 Å². The van der Waals surface area contributed by atoms with Crippen molar-refractivity contribution in [2.75, 3.05) is 6.54 Å². The molecule has 0 saturated heterocycles. The average Bonchev–Trinajstić information content (AvgIpc) is 3.05. The lowest BCUT2D eigenvalue weighted by molar-refractivity contribution is -0.433. The zero-order valence-corrected chi connectivity index (χ0v) is 16.1. The first kappa shape index (κ1) is 17.8. The number of halogens is 1. The molecule has 0 bridgehead atoms. The third-order valence-electron chi connectivity index (χ3n) is 3.91. The third kappa shape index (κ3) is 3.88. The van der Waals surface area contributed by atoms with Gasteiger partial charge < -0.3 is 17.0 Å². The Morgan fingerprint density at radius 2 is 1.74 bits per heavy atom. The topological polar surface area (TPSA) is 15.9 Å². The second-order valence-electron chi connectivity index (χ2n) is 5.49. The van der Waals surface area contributed by atoms with Crippen LogP contribution in [0.1, 0.15) is 24.4 Å². The van der Waals surface area contributed by atoms with Crippen LogP contribution < -0.4 is 17.0 Å². The quantitative estimate of drug-likeness (QED) is 0.582. The monoisotopic (exact) mass is 388 g/mol. The third-order valence-corrected chi connectivity index (χ3v) is 4.86. The molecule has 2 aromatic carbocycles. The fraction of sp³-hybridized carbons (Fsp3) is 0.263. The molecule has 0 spiro atoms. The van der Waals surface area contributed by atoms with Gasteiger partial charge in [0.25, 0.3) is 0 Å². The summed E-state index contributed by atoms with van der Waals surface area (Å²) in [5, 5.41) is 1.14. The van der Waals surface area contributed by atoms with Crippen LogP contribution in [-0.2, 0) is 6.42 Å². The predicted octanol–water partition coefficient (Wildman–Crippen LogP) is 1.98. The van der Waals surface area contributed by atoms with Crippen molar-refractivity contribution in [2.45, 2.75) is 27.2 Å². The SMILES string of the molecule is CC[N+]1=C(C)Cc2ccccc21.Cc1nc2ccccc2s1.[Br-]. The van der Waals surface area contributed by atoms with Crippen LogP contribution in [0.2, 0.25) is 0 Å². The highest BCUT2D eigenvalue weighted by Crippen LogP contribution is 2.25. The minimum absolute atomic E-state index is 0. The molecular formula is C19H21BrN2S. The largest absolute Gasteiger partial charge is 1.00 e. The maximum Gasteiger partial charge on any atom is 0.208 e. The summed E-state index contributed by atoms with van der Waals surface area (Å²) >= 11 is 1.74. The van der Waals surface area contributed by atoms with Crippen LogP contribution in [0.25, 0.3) is 10.2 Å². The zero-order valence-electron chi connectivity index (χ0n) is 13.7. The molecule has 0 saturated carbocycles. The van der Waals surface area contributed by atoms with Crippen molar-refractivity contribution >= 4 is 33.0 Å². The molecule has 1 aliphatic heterocycles. The Morgan fingerprint density at radius 1 is 1.04 bits per heavy atom. The molecule has 4 heteroatoms. The van der Waals surface area contributed by atoms with Crippen LogP contribution in [0, 0.1) is 6.92 Å². The predicted molar refractivity (Wildman–Crippen MR) is 95.6 cm³/mol. The van der Waals surface area contributed by atoms with E-state index in [-0.39, 0.29) is 17.0 Å². The molecule has 2 heterocycles. The molecule has 0 unspecified atom stereocenters. The Bertz CT molecular complexity index is 803. The molecule has 0 amide bonds. The fourth-order valence-electron chi connectivity index (χ4n) is 2.93. The van der Waals surface area contributed by atoms with E-state index in [0.29, 0.717) is 0 Å². The molecule has 120 valence electrons. The molecule has 0 atom stereocenters. The number of aryl methyl sites for hydroxylation is 1. The smallest absolute Gasteiger partial charge is 0.208 e. The lowest BCUT2D eigenvalue weighted by atomic mass is 10.1. The Morgan fingerprint density at radius 3 is 2.48 bits per heavy atom. The van der Waals surface area contributed by atoms with E-state index in [4.69, 9.17) is 0 Å².